The first-order valence-electron chi connectivity index (χ1n) is 9.05. The quantitative estimate of drug-likeness (QED) is 0.735. The van der Waals surface area contributed by atoms with E-state index in [0.717, 1.165) is 30.4 Å². The second-order valence-electron chi connectivity index (χ2n) is 7.26. The molecule has 1 fully saturated rings. The van der Waals surface area contributed by atoms with Crippen LogP contribution in [0.4, 0.5) is 11.4 Å². The molecule has 0 bridgehead atoms. The number of carbonyl (C=O) groups excluding carboxylic acids is 2. The molecule has 1 aromatic carbocycles. The summed E-state index contributed by atoms with van der Waals surface area (Å²) in [6.07, 6.45) is 2.39. The highest BCUT2D eigenvalue weighted by Crippen LogP contribution is 2.25. The zero-order chi connectivity index (χ0) is 18.4. The Bertz CT molecular complexity index is 595. The van der Waals surface area contributed by atoms with Crippen LogP contribution in [0.2, 0.25) is 0 Å². The van der Waals surface area contributed by atoms with Crippen molar-refractivity contribution in [3.05, 3.63) is 24.3 Å². The molecule has 6 nitrogen and oxygen atoms in total. The lowest BCUT2D eigenvalue weighted by atomic mass is 9.99. The van der Waals surface area contributed by atoms with Gasteiger partial charge in [0.2, 0.25) is 11.8 Å². The van der Waals surface area contributed by atoms with Crippen molar-refractivity contribution in [3.8, 4) is 0 Å². The van der Waals surface area contributed by atoms with Gasteiger partial charge >= 0.3 is 0 Å². The predicted octanol–water partition coefficient (Wildman–Crippen LogP) is 1.96. The molecule has 1 saturated heterocycles. The van der Waals surface area contributed by atoms with E-state index in [1.165, 1.54) is 12.8 Å². The molecule has 4 N–H and O–H groups in total. The minimum atomic E-state index is -0.599. The Kier molecular flexibility index (Phi) is 6.82. The van der Waals surface area contributed by atoms with Crippen LogP contribution >= 0.6 is 0 Å². The highest BCUT2D eigenvalue weighted by atomic mass is 16.2. The summed E-state index contributed by atoms with van der Waals surface area (Å²) in [5.74, 6) is 0.252. The fourth-order valence-electron chi connectivity index (χ4n) is 2.84. The molecule has 1 atom stereocenters. The monoisotopic (exact) mass is 346 g/mol. The van der Waals surface area contributed by atoms with Crippen molar-refractivity contribution in [2.24, 2.45) is 17.6 Å². The van der Waals surface area contributed by atoms with Gasteiger partial charge in [-0.05, 0) is 42.9 Å². The van der Waals surface area contributed by atoms with Gasteiger partial charge < -0.3 is 21.3 Å². The molecule has 0 spiro atoms. The summed E-state index contributed by atoms with van der Waals surface area (Å²) < 4.78 is 0. The van der Waals surface area contributed by atoms with Crippen LogP contribution in [0.25, 0.3) is 0 Å². The van der Waals surface area contributed by atoms with Crippen molar-refractivity contribution in [1.29, 1.82) is 0 Å². The van der Waals surface area contributed by atoms with E-state index in [2.05, 4.69) is 28.5 Å². The van der Waals surface area contributed by atoms with Crippen molar-refractivity contribution in [3.63, 3.8) is 0 Å². The average Bonchev–Trinajstić information content (AvgIpc) is 2.59. The molecule has 25 heavy (non-hydrogen) atoms. The summed E-state index contributed by atoms with van der Waals surface area (Å²) in [7, 11) is 0. The normalized spacial score (nSPS) is 16.6. The molecule has 1 aliphatic rings. The molecule has 1 aliphatic heterocycles. The molecule has 0 aromatic heterocycles. The van der Waals surface area contributed by atoms with Crippen LogP contribution in [0.5, 0.6) is 0 Å². The van der Waals surface area contributed by atoms with Gasteiger partial charge in [0.1, 0.15) is 0 Å². The van der Waals surface area contributed by atoms with E-state index in [9.17, 15) is 9.59 Å². The minimum absolute atomic E-state index is 0.0343. The first-order valence-corrected chi connectivity index (χ1v) is 9.05. The van der Waals surface area contributed by atoms with Crippen molar-refractivity contribution < 1.29 is 9.59 Å². The Hall–Kier alpha value is -2.08. The first kappa shape index (κ1) is 19.2. The minimum Gasteiger partial charge on any atom is -0.371 e. The number of nitrogens with one attached hydrogen (secondary N) is 2. The predicted molar refractivity (Wildman–Crippen MR) is 102 cm³/mol. The Labute approximate surface area is 150 Å². The van der Waals surface area contributed by atoms with E-state index in [4.69, 9.17) is 5.73 Å². The molecule has 0 unspecified atom stereocenters. The van der Waals surface area contributed by atoms with Gasteiger partial charge in [0, 0.05) is 24.5 Å². The van der Waals surface area contributed by atoms with E-state index in [1.54, 1.807) is 0 Å². The van der Waals surface area contributed by atoms with E-state index in [-0.39, 0.29) is 24.3 Å². The second-order valence-corrected chi connectivity index (χ2v) is 7.26. The third kappa shape index (κ3) is 5.74. The smallest absolute Gasteiger partial charge is 0.243 e. The van der Waals surface area contributed by atoms with Crippen LogP contribution in [0, 0.1) is 11.8 Å². The van der Waals surface area contributed by atoms with E-state index in [0.29, 0.717) is 0 Å². The summed E-state index contributed by atoms with van der Waals surface area (Å²) in [6.45, 7) is 8.04. The number of carbonyl (C=O) groups is 2. The molecule has 2 amide bonds. The van der Waals surface area contributed by atoms with Gasteiger partial charge in [-0.2, -0.15) is 0 Å². The average molecular weight is 346 g/mol. The molecule has 6 heteroatoms. The summed E-state index contributed by atoms with van der Waals surface area (Å²) >= 11 is 0. The molecular weight excluding hydrogens is 316 g/mol. The summed E-state index contributed by atoms with van der Waals surface area (Å²) in [4.78, 5) is 26.2. The number of nitrogens with zero attached hydrogens (tertiary/aromatic N) is 1. The second kappa shape index (κ2) is 8.85. The van der Waals surface area contributed by atoms with Gasteiger partial charge in [0.05, 0.1) is 12.6 Å². The number of nitrogens with two attached hydrogens (primary N) is 1. The topological polar surface area (TPSA) is 87.5 Å². The third-order valence-corrected chi connectivity index (χ3v) is 4.72. The molecule has 0 aliphatic carbocycles. The van der Waals surface area contributed by atoms with Crippen LogP contribution in [-0.4, -0.2) is 37.5 Å². The number of piperidine rings is 1. The van der Waals surface area contributed by atoms with Crippen molar-refractivity contribution in [2.45, 2.75) is 39.7 Å². The van der Waals surface area contributed by atoms with Gasteiger partial charge in [-0.15, -0.1) is 0 Å². The Morgan fingerprint density at radius 1 is 1.28 bits per heavy atom. The van der Waals surface area contributed by atoms with Crippen LogP contribution in [0.1, 0.15) is 33.6 Å². The highest BCUT2D eigenvalue weighted by molar-refractivity contribution is 5.95. The highest BCUT2D eigenvalue weighted by Gasteiger charge is 2.18. The van der Waals surface area contributed by atoms with Crippen molar-refractivity contribution >= 4 is 23.2 Å². The summed E-state index contributed by atoms with van der Waals surface area (Å²) in [5.41, 5.74) is 7.62. The number of anilines is 2. The number of amides is 2. The largest absolute Gasteiger partial charge is 0.371 e. The van der Waals surface area contributed by atoms with Gasteiger partial charge in [-0.25, -0.2) is 0 Å². The Morgan fingerprint density at radius 2 is 1.96 bits per heavy atom. The van der Waals surface area contributed by atoms with Gasteiger partial charge in [0.15, 0.2) is 0 Å². The lowest BCUT2D eigenvalue weighted by molar-refractivity contribution is -0.125. The maximum atomic E-state index is 12.1. The lowest BCUT2D eigenvalue weighted by Crippen LogP contribution is -2.46. The Balaban J connectivity index is 1.87. The number of hydrogen-bond donors (Lipinski definition) is 3. The number of benzene rings is 1. The Morgan fingerprint density at radius 3 is 2.60 bits per heavy atom. The summed E-state index contributed by atoms with van der Waals surface area (Å²) in [6, 6.07) is 7.24. The maximum Gasteiger partial charge on any atom is 0.243 e. The fourth-order valence-corrected chi connectivity index (χ4v) is 2.84. The third-order valence-electron chi connectivity index (χ3n) is 4.72. The van der Waals surface area contributed by atoms with Gasteiger partial charge in [-0.3, -0.25) is 9.59 Å². The van der Waals surface area contributed by atoms with E-state index >= 15 is 0 Å². The standard InChI is InChI=1S/C19H30N4O2/c1-13(2)18(20)19(25)21-12-17(24)22-15-5-4-6-16(11-15)23-9-7-14(3)8-10-23/h4-6,11,13-14,18H,7-10,12,20H2,1-3H3,(H,21,25)(H,22,24)/t18-/m0/s1. The van der Waals surface area contributed by atoms with Crippen molar-refractivity contribution in [1.82, 2.24) is 5.32 Å². The molecule has 0 saturated carbocycles. The van der Waals surface area contributed by atoms with Crippen LogP contribution in [-0.2, 0) is 9.59 Å². The maximum absolute atomic E-state index is 12.1. The molecular formula is C19H30N4O2. The van der Waals surface area contributed by atoms with Crippen LogP contribution in [0.3, 0.4) is 0 Å². The lowest BCUT2D eigenvalue weighted by Gasteiger charge is -2.32. The molecule has 0 radical (unpaired) electrons. The van der Waals surface area contributed by atoms with Gasteiger partial charge in [0.25, 0.3) is 0 Å². The SMILES string of the molecule is CC1CCN(c2cccc(NC(=O)CNC(=O)[C@@H](N)C(C)C)c2)CC1. The van der Waals surface area contributed by atoms with Crippen LogP contribution in [0.15, 0.2) is 24.3 Å². The van der Waals surface area contributed by atoms with E-state index < -0.39 is 6.04 Å². The molecule has 1 heterocycles. The van der Waals surface area contributed by atoms with Crippen molar-refractivity contribution in [2.75, 3.05) is 29.9 Å². The van der Waals surface area contributed by atoms with Crippen LogP contribution < -0.4 is 21.3 Å². The zero-order valence-corrected chi connectivity index (χ0v) is 15.4. The number of rotatable bonds is 6. The molecule has 138 valence electrons. The fraction of sp³-hybridized carbons (Fsp3) is 0.579. The zero-order valence-electron chi connectivity index (χ0n) is 15.4. The van der Waals surface area contributed by atoms with E-state index in [1.807, 2.05) is 32.0 Å². The first-order chi connectivity index (χ1) is 11.9. The van der Waals surface area contributed by atoms with Gasteiger partial charge in [-0.1, -0.05) is 26.8 Å². The number of hydrogen-bond acceptors (Lipinski definition) is 4. The molecule has 1 aromatic rings. The molecule has 2 rings (SSSR count). The summed E-state index contributed by atoms with van der Waals surface area (Å²) in [5, 5.41) is 5.41.